The molecule has 0 spiro atoms. The number of carbonyl (C=O) groups is 1. The van der Waals surface area contributed by atoms with Crippen LogP contribution in [0.25, 0.3) is 16.8 Å². The molecule has 1 amide bonds. The highest BCUT2D eigenvalue weighted by molar-refractivity contribution is 5.96. The molecule has 32 heavy (non-hydrogen) atoms. The molecule has 0 saturated heterocycles. The van der Waals surface area contributed by atoms with Crippen LogP contribution in [0.3, 0.4) is 0 Å². The van der Waals surface area contributed by atoms with Crippen molar-refractivity contribution in [2.75, 3.05) is 6.54 Å². The average Bonchev–Trinajstić information content (AvgIpc) is 3.43. The molecule has 0 fully saturated rings. The summed E-state index contributed by atoms with van der Waals surface area (Å²) in [6.45, 7) is 8.57. The van der Waals surface area contributed by atoms with Gasteiger partial charge < -0.3 is 5.32 Å². The smallest absolute Gasteiger partial charge is 0.251 e. The van der Waals surface area contributed by atoms with Gasteiger partial charge in [-0.15, -0.1) is 5.10 Å². The first-order valence-electron chi connectivity index (χ1n) is 11.1. The molecule has 0 saturated carbocycles. The molecule has 4 rings (SSSR count). The van der Waals surface area contributed by atoms with Crippen molar-refractivity contribution in [3.8, 4) is 16.8 Å². The molecule has 6 nitrogen and oxygen atoms in total. The molecule has 1 heterocycles. The summed E-state index contributed by atoms with van der Waals surface area (Å²) >= 11 is 0. The highest BCUT2D eigenvalue weighted by Gasteiger charge is 2.11. The number of carbonyl (C=O) groups excluding carboxylic acids is 1. The Kier molecular flexibility index (Phi) is 10.3. The summed E-state index contributed by atoms with van der Waals surface area (Å²) in [5.41, 5.74) is 4.45. The van der Waals surface area contributed by atoms with Gasteiger partial charge in [0.25, 0.3) is 5.91 Å². The summed E-state index contributed by atoms with van der Waals surface area (Å²) in [7, 11) is 0. The predicted octanol–water partition coefficient (Wildman–Crippen LogP) is 5.35. The van der Waals surface area contributed by atoms with E-state index in [1.54, 1.807) is 10.7 Å². The zero-order valence-corrected chi connectivity index (χ0v) is 19.2. The third-order valence-corrected chi connectivity index (χ3v) is 4.44. The third kappa shape index (κ3) is 6.87. The van der Waals surface area contributed by atoms with Gasteiger partial charge in [0.1, 0.15) is 6.33 Å². The van der Waals surface area contributed by atoms with Crippen molar-refractivity contribution in [1.29, 1.82) is 0 Å². The van der Waals surface area contributed by atoms with Gasteiger partial charge in [-0.2, -0.15) is 0 Å². The molecule has 1 aromatic heterocycles. The van der Waals surface area contributed by atoms with Crippen LogP contribution in [-0.4, -0.2) is 32.7 Å². The number of nitrogens with zero attached hydrogens (tertiary/aromatic N) is 4. The molecule has 4 aromatic rings. The quantitative estimate of drug-likeness (QED) is 0.448. The summed E-state index contributed by atoms with van der Waals surface area (Å²) in [6, 6.07) is 25.7. The van der Waals surface area contributed by atoms with Crippen molar-refractivity contribution in [3.05, 3.63) is 96.3 Å². The molecule has 1 N–H and O–H groups in total. The molecule has 0 bridgehead atoms. The zero-order chi connectivity index (χ0) is 23.2. The lowest BCUT2D eigenvalue weighted by Crippen LogP contribution is -2.25. The molecule has 3 aromatic carbocycles. The first-order chi connectivity index (χ1) is 15.8. The molecule has 0 aliphatic carbocycles. The van der Waals surface area contributed by atoms with Crippen LogP contribution in [0.5, 0.6) is 0 Å². The van der Waals surface area contributed by atoms with E-state index in [-0.39, 0.29) is 5.91 Å². The molecule has 0 unspecified atom stereocenters. The minimum atomic E-state index is -0.122. The maximum absolute atomic E-state index is 12.8. The van der Waals surface area contributed by atoms with Crippen molar-refractivity contribution in [2.24, 2.45) is 0 Å². The van der Waals surface area contributed by atoms with Crippen molar-refractivity contribution in [3.63, 3.8) is 0 Å². The lowest BCUT2D eigenvalue weighted by Gasteiger charge is -2.10. The average molecular weight is 430 g/mol. The minimum absolute atomic E-state index is 0.122. The van der Waals surface area contributed by atoms with E-state index in [9.17, 15) is 4.79 Å². The van der Waals surface area contributed by atoms with E-state index in [0.29, 0.717) is 12.1 Å². The zero-order valence-electron chi connectivity index (χ0n) is 19.2. The summed E-state index contributed by atoms with van der Waals surface area (Å²) in [5.74, 6) is -0.122. The predicted molar refractivity (Wildman–Crippen MR) is 130 cm³/mol. The Morgan fingerprint density at radius 1 is 0.844 bits per heavy atom. The highest BCUT2D eigenvalue weighted by atomic mass is 16.1. The molecule has 0 atom stereocenters. The molecular formula is C26H31N5O. The number of nitrogens with one attached hydrogen (secondary N) is 1. The molecular weight excluding hydrogens is 398 g/mol. The lowest BCUT2D eigenvalue weighted by atomic mass is 10.0. The maximum Gasteiger partial charge on any atom is 0.251 e. The van der Waals surface area contributed by atoms with Crippen LogP contribution in [0.15, 0.2) is 85.2 Å². The van der Waals surface area contributed by atoms with Crippen molar-refractivity contribution < 1.29 is 4.79 Å². The second-order valence-electron chi connectivity index (χ2n) is 6.38. The van der Waals surface area contributed by atoms with Gasteiger partial charge in [-0.25, -0.2) is 4.68 Å². The monoisotopic (exact) mass is 429 g/mol. The lowest BCUT2D eigenvalue weighted by molar-refractivity contribution is 0.0954. The minimum Gasteiger partial charge on any atom is -0.352 e. The van der Waals surface area contributed by atoms with E-state index >= 15 is 0 Å². The number of hydrogen-bond donors (Lipinski definition) is 1. The Hall–Kier alpha value is -3.80. The first-order valence-corrected chi connectivity index (χ1v) is 11.1. The maximum atomic E-state index is 12.8. The van der Waals surface area contributed by atoms with Crippen LogP contribution in [0.2, 0.25) is 0 Å². The van der Waals surface area contributed by atoms with Crippen LogP contribution < -0.4 is 5.32 Å². The van der Waals surface area contributed by atoms with E-state index in [1.165, 1.54) is 11.9 Å². The second-order valence-corrected chi connectivity index (χ2v) is 6.38. The molecule has 166 valence electrons. The molecule has 0 aliphatic rings. The van der Waals surface area contributed by atoms with Crippen LogP contribution >= 0.6 is 0 Å². The topological polar surface area (TPSA) is 72.7 Å². The summed E-state index contributed by atoms with van der Waals surface area (Å²) in [5, 5.41) is 14.3. The fraction of sp³-hybridized carbons (Fsp3) is 0.231. The van der Waals surface area contributed by atoms with Gasteiger partial charge in [-0.3, -0.25) is 4.79 Å². The highest BCUT2D eigenvalue weighted by Crippen LogP contribution is 2.24. The number of rotatable bonds is 6. The standard InChI is InChI=1S/C22H19N5O.2C2H6/c28-22(23-12-11-17-7-3-1-4-8-17)20-13-19(18-9-5-2-6-10-18)14-21(15-20)27-16-24-25-26-27;2*1-2/h1-10,13-16H,11-12H2,(H,23,28);2*1-2H3. The van der Waals surface area contributed by atoms with Crippen LogP contribution in [-0.2, 0) is 6.42 Å². The van der Waals surface area contributed by atoms with Gasteiger partial charge in [0.15, 0.2) is 0 Å². The summed E-state index contributed by atoms with van der Waals surface area (Å²) < 4.78 is 1.55. The number of tetrazole rings is 1. The van der Waals surface area contributed by atoms with Gasteiger partial charge in [0.2, 0.25) is 0 Å². The normalized spacial score (nSPS) is 9.62. The van der Waals surface area contributed by atoms with Gasteiger partial charge in [0.05, 0.1) is 5.69 Å². The second kappa shape index (κ2) is 13.5. The van der Waals surface area contributed by atoms with E-state index in [2.05, 4.69) is 33.0 Å². The number of hydrogen-bond acceptors (Lipinski definition) is 4. The van der Waals surface area contributed by atoms with E-state index in [0.717, 1.165) is 23.2 Å². The largest absolute Gasteiger partial charge is 0.352 e. The fourth-order valence-electron chi connectivity index (χ4n) is 3.02. The Bertz CT molecular complexity index is 1050. The van der Waals surface area contributed by atoms with E-state index < -0.39 is 0 Å². The number of aromatic nitrogens is 4. The third-order valence-electron chi connectivity index (χ3n) is 4.44. The molecule has 6 heteroatoms. The van der Waals surface area contributed by atoms with Gasteiger partial charge in [-0.1, -0.05) is 88.4 Å². The Morgan fingerprint density at radius 2 is 1.50 bits per heavy atom. The summed E-state index contributed by atoms with van der Waals surface area (Å²) in [4.78, 5) is 12.8. The molecule has 0 aliphatic heterocycles. The van der Waals surface area contributed by atoms with Gasteiger partial charge in [0, 0.05) is 12.1 Å². The van der Waals surface area contributed by atoms with Crippen LogP contribution in [0, 0.1) is 0 Å². The SMILES string of the molecule is CC.CC.O=C(NCCc1ccccc1)c1cc(-c2ccccc2)cc(-n2cnnn2)c1. The van der Waals surface area contributed by atoms with Crippen molar-refractivity contribution in [2.45, 2.75) is 34.1 Å². The van der Waals surface area contributed by atoms with Crippen LogP contribution in [0.4, 0.5) is 0 Å². The van der Waals surface area contributed by atoms with E-state index in [1.807, 2.05) is 88.4 Å². The number of amides is 1. The Morgan fingerprint density at radius 3 is 2.12 bits per heavy atom. The van der Waals surface area contributed by atoms with Crippen LogP contribution in [0.1, 0.15) is 43.6 Å². The van der Waals surface area contributed by atoms with Gasteiger partial charge in [-0.05, 0) is 51.7 Å². The van der Waals surface area contributed by atoms with Crippen molar-refractivity contribution in [1.82, 2.24) is 25.5 Å². The van der Waals surface area contributed by atoms with Crippen molar-refractivity contribution >= 4 is 5.91 Å². The fourth-order valence-corrected chi connectivity index (χ4v) is 3.02. The molecule has 0 radical (unpaired) electrons. The summed E-state index contributed by atoms with van der Waals surface area (Å²) in [6.07, 6.45) is 2.30. The van der Waals surface area contributed by atoms with Gasteiger partial charge >= 0.3 is 0 Å². The first kappa shape index (κ1) is 24.5. The number of benzene rings is 3. The Balaban J connectivity index is 0.000000860. The van der Waals surface area contributed by atoms with E-state index in [4.69, 9.17) is 0 Å². The Labute approximate surface area is 190 Å².